The molecule has 22 heavy (non-hydrogen) atoms. The molecule has 2 aromatic rings. The zero-order valence-electron chi connectivity index (χ0n) is 12.7. The minimum absolute atomic E-state index is 0.249. The lowest BCUT2D eigenvalue weighted by Gasteiger charge is -2.21. The van der Waals surface area contributed by atoms with Gasteiger partial charge in [-0.1, -0.05) is 0 Å². The van der Waals surface area contributed by atoms with E-state index in [0.29, 0.717) is 23.6 Å². The van der Waals surface area contributed by atoms with Crippen LogP contribution < -0.4 is 5.73 Å². The van der Waals surface area contributed by atoms with Crippen molar-refractivity contribution < 1.29 is 18.9 Å². The summed E-state index contributed by atoms with van der Waals surface area (Å²) in [5.74, 6) is 0.326. The van der Waals surface area contributed by atoms with Crippen molar-refractivity contribution in [1.82, 2.24) is 19.5 Å². The summed E-state index contributed by atoms with van der Waals surface area (Å²) >= 11 is 0. The zero-order chi connectivity index (χ0) is 15.7. The number of nitrogens with two attached hydrogens (primary N) is 1. The van der Waals surface area contributed by atoms with Crippen LogP contribution in [0.3, 0.4) is 0 Å². The van der Waals surface area contributed by atoms with Crippen LogP contribution in [0.1, 0.15) is 6.23 Å². The lowest BCUT2D eigenvalue weighted by atomic mass is 10.1. The Hall–Kier alpha value is -1.81. The van der Waals surface area contributed by atoms with E-state index in [2.05, 4.69) is 15.0 Å². The monoisotopic (exact) mass is 309 g/mol. The van der Waals surface area contributed by atoms with E-state index in [1.165, 1.54) is 6.33 Å². The number of rotatable bonds is 5. The van der Waals surface area contributed by atoms with Crippen molar-refractivity contribution in [3.05, 3.63) is 12.7 Å². The standard InChI is InChI=1S/C13H19N5O4/c1-19-4-7-9(20-2)10(21-3)13(22-7)18-6-17-8-11(14)15-5-16-12(8)18/h5-7,9-10,13H,4H2,1-3H3,(H2,14,15,16)/t7-,9?,10+,13-/m1/s1. The lowest BCUT2D eigenvalue weighted by Crippen LogP contribution is -2.36. The van der Waals surface area contributed by atoms with Gasteiger partial charge in [0.1, 0.15) is 30.2 Å². The highest BCUT2D eigenvalue weighted by atomic mass is 16.6. The highest BCUT2D eigenvalue weighted by Crippen LogP contribution is 2.35. The minimum Gasteiger partial charge on any atom is -0.382 e. The number of fused-ring (bicyclic) bond motifs is 1. The quantitative estimate of drug-likeness (QED) is 0.821. The van der Waals surface area contributed by atoms with Crippen LogP contribution >= 0.6 is 0 Å². The van der Waals surface area contributed by atoms with Gasteiger partial charge in [-0.3, -0.25) is 4.57 Å². The first-order valence-electron chi connectivity index (χ1n) is 6.84. The molecule has 3 heterocycles. The Labute approximate surface area is 127 Å². The Bertz CT molecular complexity index is 648. The van der Waals surface area contributed by atoms with Gasteiger partial charge >= 0.3 is 0 Å². The van der Waals surface area contributed by atoms with E-state index in [1.54, 1.807) is 32.2 Å². The summed E-state index contributed by atoms with van der Waals surface area (Å²) in [7, 11) is 4.85. The molecule has 9 heteroatoms. The first-order valence-corrected chi connectivity index (χ1v) is 6.84. The maximum atomic E-state index is 6.05. The van der Waals surface area contributed by atoms with Gasteiger partial charge in [-0.25, -0.2) is 15.0 Å². The van der Waals surface area contributed by atoms with Gasteiger partial charge in [-0.2, -0.15) is 0 Å². The third-order valence-electron chi connectivity index (χ3n) is 3.82. The third-order valence-corrected chi connectivity index (χ3v) is 3.82. The number of anilines is 1. The first kappa shape index (κ1) is 15.1. The van der Waals surface area contributed by atoms with Crippen LogP contribution in [0, 0.1) is 0 Å². The van der Waals surface area contributed by atoms with Gasteiger partial charge in [0.05, 0.1) is 12.9 Å². The molecule has 2 N–H and O–H groups in total. The van der Waals surface area contributed by atoms with Gasteiger partial charge in [0, 0.05) is 21.3 Å². The molecule has 4 atom stereocenters. The van der Waals surface area contributed by atoms with Crippen LogP contribution in [0.25, 0.3) is 11.2 Å². The molecule has 1 aliphatic heterocycles. The van der Waals surface area contributed by atoms with E-state index in [1.807, 2.05) is 0 Å². The molecule has 0 radical (unpaired) electrons. The van der Waals surface area contributed by atoms with Crippen molar-refractivity contribution >= 4 is 17.0 Å². The molecular weight excluding hydrogens is 290 g/mol. The largest absolute Gasteiger partial charge is 0.382 e. The molecule has 1 saturated heterocycles. The summed E-state index contributed by atoms with van der Waals surface area (Å²) in [6.07, 6.45) is 1.75. The van der Waals surface area contributed by atoms with E-state index in [9.17, 15) is 0 Å². The van der Waals surface area contributed by atoms with Crippen LogP contribution in [0.4, 0.5) is 5.82 Å². The van der Waals surface area contributed by atoms with E-state index in [4.69, 9.17) is 24.7 Å². The van der Waals surface area contributed by atoms with Crippen LogP contribution in [0.5, 0.6) is 0 Å². The molecular formula is C13H19N5O4. The van der Waals surface area contributed by atoms with Crippen molar-refractivity contribution in [2.24, 2.45) is 0 Å². The second-order valence-electron chi connectivity index (χ2n) is 5.00. The van der Waals surface area contributed by atoms with Crippen molar-refractivity contribution in [2.45, 2.75) is 24.5 Å². The van der Waals surface area contributed by atoms with Crippen molar-refractivity contribution in [3.63, 3.8) is 0 Å². The molecule has 0 bridgehead atoms. The molecule has 0 saturated carbocycles. The maximum absolute atomic E-state index is 6.05. The Balaban J connectivity index is 2.00. The summed E-state index contributed by atoms with van der Waals surface area (Å²) < 4.78 is 24.1. The van der Waals surface area contributed by atoms with E-state index < -0.39 is 6.23 Å². The van der Waals surface area contributed by atoms with Gasteiger partial charge in [0.2, 0.25) is 0 Å². The van der Waals surface area contributed by atoms with Gasteiger partial charge in [0.15, 0.2) is 17.7 Å². The van der Waals surface area contributed by atoms with E-state index in [0.717, 1.165) is 0 Å². The molecule has 9 nitrogen and oxygen atoms in total. The van der Waals surface area contributed by atoms with Crippen LogP contribution in [0.15, 0.2) is 12.7 Å². The first-order chi connectivity index (χ1) is 10.7. The van der Waals surface area contributed by atoms with E-state index in [-0.39, 0.29) is 18.3 Å². The van der Waals surface area contributed by atoms with Crippen LogP contribution in [-0.2, 0) is 18.9 Å². The number of ether oxygens (including phenoxy) is 4. The number of hydrogen-bond acceptors (Lipinski definition) is 8. The molecule has 1 aliphatic rings. The molecule has 1 unspecified atom stereocenters. The Morgan fingerprint density at radius 1 is 1.18 bits per heavy atom. The molecule has 3 rings (SSSR count). The summed E-state index contributed by atoms with van der Waals surface area (Å²) in [6.45, 7) is 0.401. The number of aromatic nitrogens is 4. The van der Waals surface area contributed by atoms with Gasteiger partial charge < -0.3 is 24.7 Å². The van der Waals surface area contributed by atoms with Crippen LogP contribution in [-0.4, -0.2) is 65.8 Å². The smallest absolute Gasteiger partial charge is 0.167 e. The number of imidazole rings is 1. The van der Waals surface area contributed by atoms with E-state index >= 15 is 0 Å². The van der Waals surface area contributed by atoms with Gasteiger partial charge in [-0.15, -0.1) is 0 Å². The van der Waals surface area contributed by atoms with Crippen molar-refractivity contribution in [2.75, 3.05) is 33.7 Å². The normalized spacial score (nSPS) is 28.5. The Kier molecular flexibility index (Phi) is 4.21. The number of nitrogen functional groups attached to an aromatic ring is 1. The fourth-order valence-electron chi connectivity index (χ4n) is 2.82. The average molecular weight is 309 g/mol. The maximum Gasteiger partial charge on any atom is 0.167 e. The summed E-state index contributed by atoms with van der Waals surface area (Å²) in [5.41, 5.74) is 6.94. The molecule has 120 valence electrons. The highest BCUT2D eigenvalue weighted by Gasteiger charge is 2.46. The molecule has 0 aromatic carbocycles. The fraction of sp³-hybridized carbons (Fsp3) is 0.615. The predicted octanol–water partition coefficient (Wildman–Crippen LogP) is -0.0177. The average Bonchev–Trinajstić information content (AvgIpc) is 3.09. The highest BCUT2D eigenvalue weighted by molar-refractivity contribution is 5.81. The predicted molar refractivity (Wildman–Crippen MR) is 77.1 cm³/mol. The summed E-state index contributed by atoms with van der Waals surface area (Å²) in [5, 5.41) is 0. The second-order valence-corrected chi connectivity index (χ2v) is 5.00. The number of methoxy groups -OCH3 is 3. The Morgan fingerprint density at radius 2 is 1.95 bits per heavy atom. The molecule has 2 aromatic heterocycles. The second kappa shape index (κ2) is 6.13. The minimum atomic E-state index is -0.436. The summed E-state index contributed by atoms with van der Waals surface area (Å²) in [6, 6.07) is 0. The third kappa shape index (κ3) is 2.31. The molecule has 0 aliphatic carbocycles. The fourth-order valence-corrected chi connectivity index (χ4v) is 2.82. The van der Waals surface area contributed by atoms with Crippen LogP contribution in [0.2, 0.25) is 0 Å². The van der Waals surface area contributed by atoms with Gasteiger partial charge in [-0.05, 0) is 0 Å². The molecule has 0 amide bonds. The molecule has 0 spiro atoms. The number of nitrogens with zero attached hydrogens (tertiary/aromatic N) is 4. The topological polar surface area (TPSA) is 107 Å². The van der Waals surface area contributed by atoms with Crippen molar-refractivity contribution in [1.29, 1.82) is 0 Å². The summed E-state index contributed by atoms with van der Waals surface area (Å²) in [4.78, 5) is 12.4. The van der Waals surface area contributed by atoms with Crippen molar-refractivity contribution in [3.8, 4) is 0 Å². The molecule has 1 fully saturated rings. The SMILES string of the molecule is COC[C@H]1O[C@@H](n2cnc3c(N)ncnc32)[C@@H](OC)C1OC. The van der Waals surface area contributed by atoms with Gasteiger partial charge in [0.25, 0.3) is 0 Å². The number of hydrogen-bond donors (Lipinski definition) is 1. The lowest BCUT2D eigenvalue weighted by molar-refractivity contribution is -0.0636. The zero-order valence-corrected chi connectivity index (χ0v) is 12.7. The Morgan fingerprint density at radius 3 is 2.64 bits per heavy atom.